The predicted octanol–water partition coefficient (Wildman–Crippen LogP) is 6.89. The molecule has 0 bridgehead atoms. The number of halogens is 2. The number of nitrogens with one attached hydrogen (secondary N) is 2. The lowest BCUT2D eigenvalue weighted by atomic mass is 10.1. The fraction of sp³-hybridized carbons (Fsp3) is 0.231. The number of hydrogen-bond donors (Lipinski definition) is 2. The SMILES string of the molecule is CCOc1cc(CNCCc2c[nH]c3ccccc23)c(Br)cc1OCc1cccc(Cl)c1. The third-order valence-electron chi connectivity index (χ3n) is 5.26. The van der Waals surface area contributed by atoms with Crippen molar-refractivity contribution >= 4 is 38.4 Å². The van der Waals surface area contributed by atoms with Crippen molar-refractivity contribution in [1.82, 2.24) is 10.3 Å². The second-order valence-corrected chi connectivity index (χ2v) is 8.82. The number of para-hydroxylation sites is 1. The van der Waals surface area contributed by atoms with E-state index in [1.165, 1.54) is 16.5 Å². The van der Waals surface area contributed by atoms with Crippen molar-refractivity contribution in [3.8, 4) is 11.5 Å². The normalized spacial score (nSPS) is 11.1. The lowest BCUT2D eigenvalue weighted by Gasteiger charge is -2.15. The zero-order chi connectivity index (χ0) is 22.3. The van der Waals surface area contributed by atoms with Gasteiger partial charge < -0.3 is 19.8 Å². The molecule has 6 heteroatoms. The van der Waals surface area contributed by atoms with Gasteiger partial charge in [-0.2, -0.15) is 0 Å². The number of rotatable bonds is 10. The van der Waals surface area contributed by atoms with E-state index in [0.717, 1.165) is 40.9 Å². The average molecular weight is 514 g/mol. The molecule has 0 spiro atoms. The predicted molar refractivity (Wildman–Crippen MR) is 135 cm³/mol. The second kappa shape index (κ2) is 10.9. The van der Waals surface area contributed by atoms with Crippen LogP contribution in [0.1, 0.15) is 23.6 Å². The first-order valence-corrected chi connectivity index (χ1v) is 11.9. The number of aromatic amines is 1. The van der Waals surface area contributed by atoms with Crippen LogP contribution in [0, 0.1) is 0 Å². The molecule has 0 saturated carbocycles. The summed E-state index contributed by atoms with van der Waals surface area (Å²) in [5.74, 6) is 1.45. The summed E-state index contributed by atoms with van der Waals surface area (Å²) >= 11 is 9.77. The lowest BCUT2D eigenvalue weighted by Crippen LogP contribution is -2.17. The Labute approximate surface area is 202 Å². The molecule has 0 fully saturated rings. The molecule has 3 aromatic carbocycles. The van der Waals surface area contributed by atoms with Crippen LogP contribution in [0.2, 0.25) is 5.02 Å². The number of ether oxygens (including phenoxy) is 2. The molecular formula is C26H26BrClN2O2. The Morgan fingerprint density at radius 2 is 1.81 bits per heavy atom. The van der Waals surface area contributed by atoms with Crippen molar-refractivity contribution < 1.29 is 9.47 Å². The Bertz CT molecular complexity index is 1190. The van der Waals surface area contributed by atoms with E-state index in [4.69, 9.17) is 21.1 Å². The van der Waals surface area contributed by atoms with Gasteiger partial charge in [-0.3, -0.25) is 0 Å². The van der Waals surface area contributed by atoms with Gasteiger partial charge in [0.05, 0.1) is 6.61 Å². The van der Waals surface area contributed by atoms with Crippen LogP contribution in [0.25, 0.3) is 10.9 Å². The third kappa shape index (κ3) is 5.66. The molecule has 0 saturated heterocycles. The largest absolute Gasteiger partial charge is 0.490 e. The topological polar surface area (TPSA) is 46.3 Å². The van der Waals surface area contributed by atoms with Crippen LogP contribution < -0.4 is 14.8 Å². The maximum atomic E-state index is 6.08. The van der Waals surface area contributed by atoms with Crippen molar-refractivity contribution in [2.75, 3.05) is 13.2 Å². The Morgan fingerprint density at radius 3 is 2.66 bits per heavy atom. The fourth-order valence-electron chi connectivity index (χ4n) is 3.67. The van der Waals surface area contributed by atoms with Crippen molar-refractivity contribution in [2.24, 2.45) is 0 Å². The van der Waals surface area contributed by atoms with Gasteiger partial charge in [0, 0.05) is 33.1 Å². The Balaban J connectivity index is 1.38. The summed E-state index contributed by atoms with van der Waals surface area (Å²) in [5.41, 5.74) is 4.65. The highest BCUT2D eigenvalue weighted by Gasteiger charge is 2.12. The molecule has 0 amide bonds. The van der Waals surface area contributed by atoms with Gasteiger partial charge in [-0.25, -0.2) is 0 Å². The van der Waals surface area contributed by atoms with Crippen LogP contribution in [0.5, 0.6) is 11.5 Å². The van der Waals surface area contributed by atoms with E-state index < -0.39 is 0 Å². The fourth-order valence-corrected chi connectivity index (χ4v) is 4.34. The molecule has 4 nitrogen and oxygen atoms in total. The van der Waals surface area contributed by atoms with E-state index in [2.05, 4.69) is 56.7 Å². The van der Waals surface area contributed by atoms with E-state index in [1.807, 2.05) is 43.3 Å². The highest BCUT2D eigenvalue weighted by Crippen LogP contribution is 2.34. The number of hydrogen-bond acceptors (Lipinski definition) is 3. The van der Waals surface area contributed by atoms with Gasteiger partial charge in [0.1, 0.15) is 6.61 Å². The molecule has 32 heavy (non-hydrogen) atoms. The minimum absolute atomic E-state index is 0.426. The molecule has 0 aliphatic carbocycles. The van der Waals surface area contributed by atoms with E-state index in [1.54, 1.807) is 0 Å². The first-order chi connectivity index (χ1) is 15.6. The van der Waals surface area contributed by atoms with E-state index >= 15 is 0 Å². The number of aromatic nitrogens is 1. The van der Waals surface area contributed by atoms with Gasteiger partial charge in [-0.15, -0.1) is 0 Å². The van der Waals surface area contributed by atoms with Crippen molar-refractivity contribution in [3.05, 3.63) is 93.0 Å². The summed E-state index contributed by atoms with van der Waals surface area (Å²) in [4.78, 5) is 3.34. The van der Waals surface area contributed by atoms with Crippen molar-refractivity contribution in [2.45, 2.75) is 26.5 Å². The maximum absolute atomic E-state index is 6.08. The smallest absolute Gasteiger partial charge is 0.162 e. The zero-order valence-corrected chi connectivity index (χ0v) is 20.3. The molecule has 166 valence electrons. The molecule has 1 aromatic heterocycles. The third-order valence-corrected chi connectivity index (χ3v) is 6.23. The van der Waals surface area contributed by atoms with Gasteiger partial charge in [0.2, 0.25) is 0 Å². The first-order valence-electron chi connectivity index (χ1n) is 10.7. The molecule has 0 aliphatic heterocycles. The Hall–Kier alpha value is -2.47. The van der Waals surface area contributed by atoms with Crippen molar-refractivity contribution in [3.63, 3.8) is 0 Å². The monoisotopic (exact) mass is 512 g/mol. The number of H-pyrrole nitrogens is 1. The highest BCUT2D eigenvalue weighted by molar-refractivity contribution is 9.10. The molecule has 2 N–H and O–H groups in total. The van der Waals surface area contributed by atoms with Crippen LogP contribution in [-0.4, -0.2) is 18.1 Å². The van der Waals surface area contributed by atoms with Gasteiger partial charge in [-0.05, 0) is 66.9 Å². The standard InChI is InChI=1S/C26H26BrClN2O2/c1-2-31-25-13-20(15-29-11-10-19-16-30-24-9-4-3-8-22(19)24)23(27)14-26(25)32-17-18-6-5-7-21(28)12-18/h3-9,12-14,16,29-30H,2,10-11,15,17H2,1H3. The molecule has 4 aromatic rings. The van der Waals surface area contributed by atoms with E-state index in [0.29, 0.717) is 24.0 Å². The van der Waals surface area contributed by atoms with Crippen LogP contribution in [0.4, 0.5) is 0 Å². The van der Waals surface area contributed by atoms with Gasteiger partial charge in [-0.1, -0.05) is 57.9 Å². The summed E-state index contributed by atoms with van der Waals surface area (Å²) in [6.45, 7) is 4.59. The van der Waals surface area contributed by atoms with Crippen LogP contribution in [0.3, 0.4) is 0 Å². The van der Waals surface area contributed by atoms with E-state index in [9.17, 15) is 0 Å². The quantitative estimate of drug-likeness (QED) is 0.227. The summed E-state index contributed by atoms with van der Waals surface area (Å²) in [7, 11) is 0. The summed E-state index contributed by atoms with van der Waals surface area (Å²) < 4.78 is 12.9. The van der Waals surface area contributed by atoms with E-state index in [-0.39, 0.29) is 0 Å². The highest BCUT2D eigenvalue weighted by atomic mass is 79.9. The van der Waals surface area contributed by atoms with Crippen molar-refractivity contribution in [1.29, 1.82) is 0 Å². The second-order valence-electron chi connectivity index (χ2n) is 7.53. The van der Waals surface area contributed by atoms with Gasteiger partial charge in [0.15, 0.2) is 11.5 Å². The Morgan fingerprint density at radius 1 is 0.969 bits per heavy atom. The lowest BCUT2D eigenvalue weighted by molar-refractivity contribution is 0.269. The minimum Gasteiger partial charge on any atom is -0.490 e. The molecule has 0 radical (unpaired) electrons. The number of benzene rings is 3. The number of fused-ring (bicyclic) bond motifs is 1. The first kappa shape index (κ1) is 22.7. The molecule has 0 atom stereocenters. The molecule has 0 unspecified atom stereocenters. The summed E-state index contributed by atoms with van der Waals surface area (Å²) in [6.07, 6.45) is 3.06. The zero-order valence-electron chi connectivity index (χ0n) is 18.0. The summed E-state index contributed by atoms with van der Waals surface area (Å²) in [6, 6.07) is 20.1. The summed E-state index contributed by atoms with van der Waals surface area (Å²) in [5, 5.41) is 5.53. The van der Waals surface area contributed by atoms with Crippen LogP contribution in [0.15, 0.2) is 71.3 Å². The molecule has 4 rings (SSSR count). The minimum atomic E-state index is 0.426. The van der Waals surface area contributed by atoms with Crippen LogP contribution in [-0.2, 0) is 19.6 Å². The molecule has 0 aliphatic rings. The average Bonchev–Trinajstić information content (AvgIpc) is 3.21. The maximum Gasteiger partial charge on any atom is 0.162 e. The molecule has 1 heterocycles. The van der Waals surface area contributed by atoms with Gasteiger partial charge in [0.25, 0.3) is 0 Å². The Kier molecular flexibility index (Phi) is 7.74. The van der Waals surface area contributed by atoms with Crippen LogP contribution >= 0.6 is 27.5 Å². The molecular weight excluding hydrogens is 488 g/mol. The van der Waals surface area contributed by atoms with Gasteiger partial charge >= 0.3 is 0 Å².